The van der Waals surface area contributed by atoms with E-state index in [-0.39, 0.29) is 35.8 Å². The number of carbonyl (C=O) groups is 4. The SMILES string of the molecule is COC(=O)CC(NC(=O)c1cccc(CN2C(=O)CSC2=O)c1)c1ccc(C)cc1. The predicted molar refractivity (Wildman–Crippen MR) is 113 cm³/mol. The summed E-state index contributed by atoms with van der Waals surface area (Å²) >= 11 is 0.972. The van der Waals surface area contributed by atoms with E-state index in [2.05, 4.69) is 5.32 Å². The van der Waals surface area contributed by atoms with Crippen LogP contribution in [0.2, 0.25) is 0 Å². The van der Waals surface area contributed by atoms with Crippen molar-refractivity contribution in [1.82, 2.24) is 10.2 Å². The highest BCUT2D eigenvalue weighted by molar-refractivity contribution is 8.14. The average Bonchev–Trinajstić information content (AvgIpc) is 3.06. The number of esters is 1. The highest BCUT2D eigenvalue weighted by atomic mass is 32.2. The predicted octanol–water partition coefficient (Wildman–Crippen LogP) is 3.22. The van der Waals surface area contributed by atoms with E-state index in [4.69, 9.17) is 4.74 Å². The number of hydrogen-bond acceptors (Lipinski definition) is 6. The maximum absolute atomic E-state index is 12.9. The van der Waals surface area contributed by atoms with Gasteiger partial charge in [-0.3, -0.25) is 24.1 Å². The minimum absolute atomic E-state index is 0.000996. The molecule has 1 saturated heterocycles. The molecule has 3 amide bonds. The van der Waals surface area contributed by atoms with Crippen LogP contribution >= 0.6 is 11.8 Å². The number of rotatable bonds is 7. The molecule has 1 heterocycles. The molecule has 1 aliphatic heterocycles. The number of carbonyl (C=O) groups excluding carboxylic acids is 4. The molecule has 1 atom stereocenters. The van der Waals surface area contributed by atoms with Crippen LogP contribution in [-0.4, -0.2) is 40.8 Å². The van der Waals surface area contributed by atoms with Crippen LogP contribution in [0.1, 0.15) is 39.5 Å². The van der Waals surface area contributed by atoms with Gasteiger partial charge in [0, 0.05) is 5.56 Å². The lowest BCUT2D eigenvalue weighted by Gasteiger charge is -2.19. The van der Waals surface area contributed by atoms with Crippen molar-refractivity contribution in [3.63, 3.8) is 0 Å². The molecule has 30 heavy (non-hydrogen) atoms. The van der Waals surface area contributed by atoms with Gasteiger partial charge in [0.25, 0.3) is 11.1 Å². The van der Waals surface area contributed by atoms with Crippen LogP contribution in [0.4, 0.5) is 4.79 Å². The molecule has 1 N–H and O–H groups in total. The lowest BCUT2D eigenvalue weighted by atomic mass is 10.0. The highest BCUT2D eigenvalue weighted by Crippen LogP contribution is 2.22. The first kappa shape index (κ1) is 21.6. The van der Waals surface area contributed by atoms with Gasteiger partial charge in [-0.25, -0.2) is 0 Å². The van der Waals surface area contributed by atoms with Gasteiger partial charge in [-0.1, -0.05) is 53.7 Å². The molecule has 1 fully saturated rings. The second-order valence-corrected chi connectivity index (χ2v) is 7.88. The third kappa shape index (κ3) is 5.27. The Balaban J connectivity index is 1.76. The minimum atomic E-state index is -0.549. The van der Waals surface area contributed by atoms with Crippen molar-refractivity contribution in [2.45, 2.75) is 25.9 Å². The number of thioether (sulfide) groups is 1. The van der Waals surface area contributed by atoms with Crippen LogP contribution in [-0.2, 0) is 20.9 Å². The van der Waals surface area contributed by atoms with Crippen LogP contribution < -0.4 is 5.32 Å². The summed E-state index contributed by atoms with van der Waals surface area (Å²) in [6.07, 6.45) is -0.000996. The molecule has 2 aromatic rings. The number of imide groups is 1. The summed E-state index contributed by atoms with van der Waals surface area (Å²) in [5, 5.41) is 2.60. The first-order chi connectivity index (χ1) is 14.4. The Bertz CT molecular complexity index is 958. The number of hydrogen-bond donors (Lipinski definition) is 1. The zero-order chi connectivity index (χ0) is 21.7. The molecule has 1 unspecified atom stereocenters. The zero-order valence-electron chi connectivity index (χ0n) is 16.7. The van der Waals surface area contributed by atoms with Gasteiger partial charge in [0.15, 0.2) is 0 Å². The molecule has 156 valence electrons. The lowest BCUT2D eigenvalue weighted by Crippen LogP contribution is -2.31. The number of ether oxygens (including phenoxy) is 1. The van der Waals surface area contributed by atoms with E-state index in [9.17, 15) is 19.2 Å². The first-order valence-corrected chi connectivity index (χ1v) is 10.4. The van der Waals surface area contributed by atoms with Crippen molar-refractivity contribution in [1.29, 1.82) is 0 Å². The number of nitrogens with one attached hydrogen (secondary N) is 1. The summed E-state index contributed by atoms with van der Waals surface area (Å²) in [6.45, 7) is 2.08. The summed E-state index contributed by atoms with van der Waals surface area (Å²) in [7, 11) is 1.30. The van der Waals surface area contributed by atoms with Crippen LogP contribution in [0, 0.1) is 6.92 Å². The minimum Gasteiger partial charge on any atom is -0.469 e. The fourth-order valence-electron chi connectivity index (χ4n) is 3.07. The van der Waals surface area contributed by atoms with Crippen LogP contribution in [0.5, 0.6) is 0 Å². The molecule has 0 spiro atoms. The molecule has 0 aromatic heterocycles. The largest absolute Gasteiger partial charge is 0.469 e. The van der Waals surface area contributed by atoms with E-state index in [1.54, 1.807) is 24.3 Å². The van der Waals surface area contributed by atoms with Gasteiger partial charge in [0.05, 0.1) is 31.9 Å². The van der Waals surface area contributed by atoms with Crippen molar-refractivity contribution >= 4 is 34.8 Å². The molecule has 2 aromatic carbocycles. The van der Waals surface area contributed by atoms with Gasteiger partial charge in [-0.05, 0) is 30.2 Å². The molecule has 7 nitrogen and oxygen atoms in total. The normalized spacial score (nSPS) is 14.5. The quantitative estimate of drug-likeness (QED) is 0.684. The van der Waals surface area contributed by atoms with E-state index >= 15 is 0 Å². The third-order valence-electron chi connectivity index (χ3n) is 4.75. The highest BCUT2D eigenvalue weighted by Gasteiger charge is 2.30. The summed E-state index contributed by atoms with van der Waals surface area (Å²) in [4.78, 5) is 49.5. The van der Waals surface area contributed by atoms with E-state index in [1.165, 1.54) is 12.0 Å². The molecule has 0 bridgehead atoms. The topological polar surface area (TPSA) is 92.8 Å². The van der Waals surface area contributed by atoms with Crippen molar-refractivity contribution in [2.24, 2.45) is 0 Å². The molecule has 0 aliphatic carbocycles. The number of benzene rings is 2. The summed E-state index contributed by atoms with van der Waals surface area (Å²) in [6, 6.07) is 13.7. The van der Waals surface area contributed by atoms with E-state index in [1.807, 2.05) is 31.2 Å². The number of aryl methyl sites for hydroxylation is 1. The van der Waals surface area contributed by atoms with Crippen molar-refractivity contribution in [2.75, 3.05) is 12.9 Å². The van der Waals surface area contributed by atoms with Crippen molar-refractivity contribution in [3.8, 4) is 0 Å². The molecule has 0 saturated carbocycles. The number of methoxy groups -OCH3 is 1. The van der Waals surface area contributed by atoms with Crippen LogP contribution in [0.25, 0.3) is 0 Å². The molecule has 0 radical (unpaired) electrons. The smallest absolute Gasteiger partial charge is 0.307 e. The molecule has 3 rings (SSSR count). The molecule has 1 aliphatic rings. The summed E-state index contributed by atoms with van der Waals surface area (Å²) in [5.74, 6) is -0.888. The second-order valence-electron chi connectivity index (χ2n) is 6.95. The average molecular weight is 426 g/mol. The Labute approximate surface area is 178 Å². The lowest BCUT2D eigenvalue weighted by molar-refractivity contribution is -0.141. The van der Waals surface area contributed by atoms with E-state index in [0.717, 1.165) is 22.9 Å². The zero-order valence-corrected chi connectivity index (χ0v) is 17.5. The van der Waals surface area contributed by atoms with Gasteiger partial charge < -0.3 is 10.1 Å². The summed E-state index contributed by atoms with van der Waals surface area (Å²) < 4.78 is 4.77. The maximum atomic E-state index is 12.9. The van der Waals surface area contributed by atoms with Gasteiger partial charge in [-0.2, -0.15) is 0 Å². The van der Waals surface area contributed by atoms with Gasteiger partial charge in [0.2, 0.25) is 5.91 Å². The Kier molecular flexibility index (Phi) is 6.89. The Hall–Kier alpha value is -3.13. The Morgan fingerprint density at radius 3 is 2.53 bits per heavy atom. The fraction of sp³-hybridized carbons (Fsp3) is 0.273. The molecule has 8 heteroatoms. The van der Waals surface area contributed by atoms with Gasteiger partial charge in [-0.15, -0.1) is 0 Å². The first-order valence-electron chi connectivity index (χ1n) is 9.37. The number of amides is 3. The molecular formula is C22H22N2O5S. The third-order valence-corrected chi connectivity index (χ3v) is 5.61. The van der Waals surface area contributed by atoms with Crippen molar-refractivity contribution < 1.29 is 23.9 Å². The summed E-state index contributed by atoms with van der Waals surface area (Å²) in [5.41, 5.74) is 2.91. The van der Waals surface area contributed by atoms with Crippen molar-refractivity contribution in [3.05, 3.63) is 70.8 Å². The Morgan fingerprint density at radius 2 is 1.90 bits per heavy atom. The van der Waals surface area contributed by atoms with Crippen LogP contribution in [0.15, 0.2) is 48.5 Å². The van der Waals surface area contributed by atoms with Gasteiger partial charge in [0.1, 0.15) is 0 Å². The maximum Gasteiger partial charge on any atom is 0.307 e. The van der Waals surface area contributed by atoms with Gasteiger partial charge >= 0.3 is 5.97 Å². The van der Waals surface area contributed by atoms with E-state index in [0.29, 0.717) is 11.1 Å². The monoisotopic (exact) mass is 426 g/mol. The van der Waals surface area contributed by atoms with Crippen LogP contribution in [0.3, 0.4) is 0 Å². The standard InChI is InChI=1S/C22H22N2O5S/c1-14-6-8-16(9-7-14)18(11-20(26)29-2)23-21(27)17-5-3-4-15(10-17)12-24-19(25)13-30-22(24)28/h3-10,18H,11-13H2,1-2H3,(H,23,27). The second kappa shape index (κ2) is 9.58. The van der Waals surface area contributed by atoms with E-state index < -0.39 is 12.0 Å². The Morgan fingerprint density at radius 1 is 1.17 bits per heavy atom. The fourth-order valence-corrected chi connectivity index (χ4v) is 3.79. The molecular weight excluding hydrogens is 404 g/mol. The number of nitrogens with zero attached hydrogens (tertiary/aromatic N) is 1.